The Morgan fingerprint density at radius 3 is 2.96 bits per heavy atom. The number of amides is 1. The highest BCUT2D eigenvalue weighted by molar-refractivity contribution is 6.03. The maximum absolute atomic E-state index is 12.4. The van der Waals surface area contributed by atoms with Gasteiger partial charge in [-0.05, 0) is 36.3 Å². The van der Waals surface area contributed by atoms with Crippen LogP contribution in [-0.4, -0.2) is 36.5 Å². The maximum atomic E-state index is 12.4. The molecule has 1 amide bonds. The Morgan fingerprint density at radius 2 is 2.17 bits per heavy atom. The molecule has 0 spiro atoms. The number of hydrogen-bond acceptors (Lipinski definition) is 6. The number of benzene rings is 1. The van der Waals surface area contributed by atoms with E-state index in [1.807, 2.05) is 12.1 Å². The molecule has 2 heterocycles. The predicted molar refractivity (Wildman–Crippen MR) is 81.6 cm³/mol. The predicted octanol–water partition coefficient (Wildman–Crippen LogP) is 1.79. The molecule has 0 aliphatic heterocycles. The van der Waals surface area contributed by atoms with Crippen molar-refractivity contribution in [2.45, 2.75) is 18.8 Å². The fourth-order valence-electron chi connectivity index (χ4n) is 2.25. The lowest BCUT2D eigenvalue weighted by Gasteiger charge is -2.06. The summed E-state index contributed by atoms with van der Waals surface area (Å²) in [5, 5.41) is 16.6. The van der Waals surface area contributed by atoms with E-state index in [9.17, 15) is 4.79 Å². The number of carbonyl (C=O) groups is 1. The number of carbonyl (C=O) groups excluding carboxylic acids is 1. The summed E-state index contributed by atoms with van der Waals surface area (Å²) in [4.78, 5) is 20.9. The number of hydrogen-bond donors (Lipinski definition) is 2. The summed E-state index contributed by atoms with van der Waals surface area (Å²) in [6.45, 7) is 0. The summed E-state index contributed by atoms with van der Waals surface area (Å²) in [7, 11) is 0. The molecule has 0 saturated heterocycles. The van der Waals surface area contributed by atoms with E-state index in [2.05, 4.69) is 35.9 Å². The molecule has 0 unspecified atom stereocenters. The van der Waals surface area contributed by atoms with Crippen molar-refractivity contribution < 1.29 is 4.79 Å². The fraction of sp³-hybridized carbons (Fsp3) is 0.200. The molecular formula is C15H13N7O. The topological polar surface area (TPSA) is 109 Å². The Morgan fingerprint density at radius 1 is 1.26 bits per heavy atom. The van der Waals surface area contributed by atoms with Gasteiger partial charge in [0.25, 0.3) is 5.91 Å². The van der Waals surface area contributed by atoms with E-state index in [1.165, 1.54) is 0 Å². The van der Waals surface area contributed by atoms with Gasteiger partial charge in [0.15, 0.2) is 0 Å². The van der Waals surface area contributed by atoms with Crippen molar-refractivity contribution in [3.63, 3.8) is 0 Å². The molecule has 1 aliphatic carbocycles. The minimum atomic E-state index is -0.264. The zero-order valence-electron chi connectivity index (χ0n) is 12.1. The number of H-pyrrole nitrogens is 1. The van der Waals surface area contributed by atoms with Gasteiger partial charge in [-0.3, -0.25) is 4.79 Å². The fourth-order valence-corrected chi connectivity index (χ4v) is 2.25. The van der Waals surface area contributed by atoms with Gasteiger partial charge in [-0.1, -0.05) is 12.1 Å². The maximum Gasteiger partial charge on any atom is 0.274 e. The van der Waals surface area contributed by atoms with E-state index < -0.39 is 0 Å². The molecule has 0 radical (unpaired) electrons. The standard InChI is InChI=1S/C15H13N7O/c23-15(12-6-7-16-13(18-12)9-4-5-9)17-11-3-1-2-10(8-11)14-19-21-22-20-14/h1-3,6-9H,4-5H2,(H,17,23)(H,19,20,21,22). The van der Waals surface area contributed by atoms with Crippen molar-refractivity contribution in [1.29, 1.82) is 0 Å². The summed E-state index contributed by atoms with van der Waals surface area (Å²) < 4.78 is 0. The Labute approximate surface area is 131 Å². The molecule has 8 heteroatoms. The van der Waals surface area contributed by atoms with Crippen LogP contribution in [0, 0.1) is 0 Å². The van der Waals surface area contributed by atoms with Crippen molar-refractivity contribution in [2.24, 2.45) is 0 Å². The third-order valence-corrected chi connectivity index (χ3v) is 3.57. The number of aromatic amines is 1. The highest BCUT2D eigenvalue weighted by Gasteiger charge is 2.27. The average molecular weight is 307 g/mol. The number of tetrazole rings is 1. The molecule has 0 atom stereocenters. The van der Waals surface area contributed by atoms with Crippen LogP contribution in [0.3, 0.4) is 0 Å². The van der Waals surface area contributed by atoms with Crippen LogP contribution in [-0.2, 0) is 0 Å². The summed E-state index contributed by atoms with van der Waals surface area (Å²) in [6, 6.07) is 8.85. The molecule has 4 rings (SSSR count). The molecular weight excluding hydrogens is 294 g/mol. The zero-order valence-corrected chi connectivity index (χ0v) is 12.1. The van der Waals surface area contributed by atoms with E-state index in [1.54, 1.807) is 24.4 Å². The van der Waals surface area contributed by atoms with Gasteiger partial charge in [-0.25, -0.2) is 9.97 Å². The van der Waals surface area contributed by atoms with Crippen LogP contribution in [0.2, 0.25) is 0 Å². The zero-order chi connectivity index (χ0) is 15.6. The van der Waals surface area contributed by atoms with Crippen LogP contribution in [0.15, 0.2) is 36.5 Å². The van der Waals surface area contributed by atoms with E-state index in [4.69, 9.17) is 0 Å². The number of anilines is 1. The number of aromatic nitrogens is 6. The number of nitrogens with zero attached hydrogens (tertiary/aromatic N) is 5. The van der Waals surface area contributed by atoms with Crippen LogP contribution in [0.25, 0.3) is 11.4 Å². The first-order chi connectivity index (χ1) is 11.3. The van der Waals surface area contributed by atoms with E-state index >= 15 is 0 Å². The van der Waals surface area contributed by atoms with Gasteiger partial charge >= 0.3 is 0 Å². The van der Waals surface area contributed by atoms with Crippen molar-refractivity contribution in [2.75, 3.05) is 5.32 Å². The van der Waals surface area contributed by atoms with Gasteiger partial charge in [0.05, 0.1) is 0 Å². The van der Waals surface area contributed by atoms with Gasteiger partial charge in [0, 0.05) is 23.4 Å². The van der Waals surface area contributed by atoms with E-state index in [-0.39, 0.29) is 5.91 Å². The highest BCUT2D eigenvalue weighted by Crippen LogP contribution is 2.37. The SMILES string of the molecule is O=C(Nc1cccc(-c2nn[nH]n2)c1)c1ccnc(C2CC2)n1. The molecule has 8 nitrogen and oxygen atoms in total. The quantitative estimate of drug-likeness (QED) is 0.760. The average Bonchev–Trinajstić information content (AvgIpc) is 3.29. The monoisotopic (exact) mass is 307 g/mol. The highest BCUT2D eigenvalue weighted by atomic mass is 16.1. The van der Waals surface area contributed by atoms with Crippen molar-refractivity contribution in [3.05, 3.63) is 48.0 Å². The third-order valence-electron chi connectivity index (χ3n) is 3.57. The number of nitrogens with one attached hydrogen (secondary N) is 2. The summed E-state index contributed by atoms with van der Waals surface area (Å²) in [6.07, 6.45) is 3.82. The van der Waals surface area contributed by atoms with Crippen molar-refractivity contribution in [1.82, 2.24) is 30.6 Å². The molecule has 2 aromatic heterocycles. The second-order valence-electron chi connectivity index (χ2n) is 5.34. The smallest absolute Gasteiger partial charge is 0.274 e. The molecule has 1 fully saturated rings. The molecule has 3 aromatic rings. The molecule has 114 valence electrons. The molecule has 1 aromatic carbocycles. The Bertz CT molecular complexity index is 843. The molecule has 1 aliphatic rings. The Balaban J connectivity index is 1.54. The first-order valence-electron chi connectivity index (χ1n) is 7.28. The van der Waals surface area contributed by atoms with Gasteiger partial charge in [-0.15, -0.1) is 10.2 Å². The van der Waals surface area contributed by atoms with E-state index in [0.717, 1.165) is 24.2 Å². The summed E-state index contributed by atoms with van der Waals surface area (Å²) >= 11 is 0. The van der Waals surface area contributed by atoms with E-state index in [0.29, 0.717) is 23.1 Å². The first-order valence-corrected chi connectivity index (χ1v) is 7.28. The lowest BCUT2D eigenvalue weighted by atomic mass is 10.2. The minimum Gasteiger partial charge on any atom is -0.321 e. The molecule has 0 bridgehead atoms. The van der Waals surface area contributed by atoms with Crippen LogP contribution < -0.4 is 5.32 Å². The minimum absolute atomic E-state index is 0.264. The van der Waals surface area contributed by atoms with Crippen LogP contribution in [0.5, 0.6) is 0 Å². The Kier molecular flexibility index (Phi) is 3.26. The summed E-state index contributed by atoms with van der Waals surface area (Å²) in [5.74, 6) is 1.36. The molecule has 23 heavy (non-hydrogen) atoms. The lowest BCUT2D eigenvalue weighted by Crippen LogP contribution is -2.14. The largest absolute Gasteiger partial charge is 0.321 e. The Hall–Kier alpha value is -3.16. The first kappa shape index (κ1) is 13.5. The van der Waals surface area contributed by atoms with Crippen molar-refractivity contribution >= 4 is 11.6 Å². The third kappa shape index (κ3) is 2.91. The second kappa shape index (κ2) is 5.56. The molecule has 2 N–H and O–H groups in total. The van der Waals surface area contributed by atoms with Gasteiger partial charge in [0.1, 0.15) is 11.5 Å². The van der Waals surface area contributed by atoms with Gasteiger partial charge in [-0.2, -0.15) is 5.21 Å². The van der Waals surface area contributed by atoms with Crippen LogP contribution in [0.4, 0.5) is 5.69 Å². The summed E-state index contributed by atoms with van der Waals surface area (Å²) in [5.41, 5.74) is 1.77. The molecule has 1 saturated carbocycles. The van der Waals surface area contributed by atoms with Crippen LogP contribution >= 0.6 is 0 Å². The lowest BCUT2D eigenvalue weighted by molar-refractivity contribution is 0.102. The normalized spacial score (nSPS) is 13.7. The van der Waals surface area contributed by atoms with Gasteiger partial charge in [0.2, 0.25) is 5.82 Å². The van der Waals surface area contributed by atoms with Crippen molar-refractivity contribution in [3.8, 4) is 11.4 Å². The number of rotatable bonds is 4. The van der Waals surface area contributed by atoms with Crippen LogP contribution in [0.1, 0.15) is 35.1 Å². The second-order valence-corrected chi connectivity index (χ2v) is 5.34. The van der Waals surface area contributed by atoms with Gasteiger partial charge < -0.3 is 5.32 Å².